The molecule has 1 aromatic heterocycles. The summed E-state index contributed by atoms with van der Waals surface area (Å²) < 4.78 is 5.50. The summed E-state index contributed by atoms with van der Waals surface area (Å²) in [5.74, 6) is 6.35. The Hall–Kier alpha value is -2.33. The fourth-order valence-electron chi connectivity index (χ4n) is 2.23. The Morgan fingerprint density at radius 2 is 2.23 bits per heavy atom. The Bertz CT molecular complexity index is 579. The predicted molar refractivity (Wildman–Crippen MR) is 84.6 cm³/mol. The molecule has 0 aromatic carbocycles. The van der Waals surface area contributed by atoms with Crippen LogP contribution in [0.5, 0.6) is 0 Å². The molecule has 1 aliphatic rings. The van der Waals surface area contributed by atoms with E-state index in [1.54, 1.807) is 6.92 Å². The lowest BCUT2D eigenvalue weighted by Crippen LogP contribution is -2.52. The monoisotopic (exact) mass is 303 g/mol. The van der Waals surface area contributed by atoms with Crippen LogP contribution in [0.3, 0.4) is 0 Å². The van der Waals surface area contributed by atoms with Crippen molar-refractivity contribution in [2.45, 2.75) is 25.4 Å². The minimum Gasteiger partial charge on any atom is -0.379 e. The maximum atomic E-state index is 11.7. The minimum atomic E-state index is -0.266. The van der Waals surface area contributed by atoms with Gasteiger partial charge in [-0.3, -0.25) is 4.79 Å². The SMILES string of the molecule is CC#CC(=O)N[C@H]1CCOC[C@H]1Nc1cc(N(C)C)ncn1. The summed E-state index contributed by atoms with van der Waals surface area (Å²) in [6.45, 7) is 2.77. The molecule has 0 spiro atoms. The van der Waals surface area contributed by atoms with Crippen molar-refractivity contribution < 1.29 is 9.53 Å². The van der Waals surface area contributed by atoms with Crippen LogP contribution in [-0.2, 0) is 9.53 Å². The second kappa shape index (κ2) is 7.61. The Morgan fingerprint density at radius 3 is 2.95 bits per heavy atom. The van der Waals surface area contributed by atoms with Crippen LogP contribution in [0.15, 0.2) is 12.4 Å². The summed E-state index contributed by atoms with van der Waals surface area (Å²) in [5.41, 5.74) is 0. The van der Waals surface area contributed by atoms with Gasteiger partial charge in [0.1, 0.15) is 18.0 Å². The van der Waals surface area contributed by atoms with E-state index in [1.165, 1.54) is 6.33 Å². The van der Waals surface area contributed by atoms with Crippen LogP contribution in [0.4, 0.5) is 11.6 Å². The van der Waals surface area contributed by atoms with Gasteiger partial charge in [-0.2, -0.15) is 0 Å². The molecular weight excluding hydrogens is 282 g/mol. The van der Waals surface area contributed by atoms with Gasteiger partial charge in [0.25, 0.3) is 5.91 Å². The van der Waals surface area contributed by atoms with Gasteiger partial charge >= 0.3 is 0 Å². The topological polar surface area (TPSA) is 79.4 Å². The van der Waals surface area contributed by atoms with Gasteiger partial charge in [0.15, 0.2) is 0 Å². The van der Waals surface area contributed by atoms with Crippen molar-refractivity contribution in [2.24, 2.45) is 0 Å². The molecule has 2 N–H and O–H groups in total. The first kappa shape index (κ1) is 16.0. The molecule has 7 nitrogen and oxygen atoms in total. The third-order valence-corrected chi connectivity index (χ3v) is 3.36. The minimum absolute atomic E-state index is 0.0418. The number of aromatic nitrogens is 2. The fraction of sp³-hybridized carbons (Fsp3) is 0.533. The number of hydrogen-bond acceptors (Lipinski definition) is 6. The molecule has 0 saturated carbocycles. The number of anilines is 2. The number of amides is 1. The molecule has 0 radical (unpaired) electrons. The third-order valence-electron chi connectivity index (χ3n) is 3.36. The largest absolute Gasteiger partial charge is 0.379 e. The van der Waals surface area contributed by atoms with Crippen molar-refractivity contribution in [3.63, 3.8) is 0 Å². The van der Waals surface area contributed by atoms with Crippen LogP contribution in [0, 0.1) is 11.8 Å². The average molecular weight is 303 g/mol. The molecular formula is C15H21N5O2. The molecule has 2 heterocycles. The number of ether oxygens (including phenoxy) is 1. The lowest BCUT2D eigenvalue weighted by Gasteiger charge is -2.32. The van der Waals surface area contributed by atoms with Crippen molar-refractivity contribution >= 4 is 17.5 Å². The lowest BCUT2D eigenvalue weighted by molar-refractivity contribution is -0.117. The molecule has 1 fully saturated rings. The number of hydrogen-bond donors (Lipinski definition) is 2. The summed E-state index contributed by atoms with van der Waals surface area (Å²) in [6.07, 6.45) is 2.25. The highest BCUT2D eigenvalue weighted by atomic mass is 16.5. The van der Waals surface area contributed by atoms with E-state index in [0.717, 1.165) is 12.2 Å². The molecule has 0 aliphatic carbocycles. The zero-order valence-corrected chi connectivity index (χ0v) is 13.1. The predicted octanol–water partition coefficient (Wildman–Crippen LogP) is 0.252. The molecule has 2 rings (SSSR count). The van der Waals surface area contributed by atoms with Crippen LogP contribution in [0.25, 0.3) is 0 Å². The van der Waals surface area contributed by atoms with Gasteiger partial charge in [-0.1, -0.05) is 5.92 Å². The zero-order valence-electron chi connectivity index (χ0n) is 13.1. The Kier molecular flexibility index (Phi) is 5.55. The van der Waals surface area contributed by atoms with E-state index in [0.29, 0.717) is 19.0 Å². The van der Waals surface area contributed by atoms with Crippen LogP contribution >= 0.6 is 0 Å². The van der Waals surface area contributed by atoms with Crippen molar-refractivity contribution in [1.29, 1.82) is 0 Å². The van der Waals surface area contributed by atoms with Crippen LogP contribution in [0.1, 0.15) is 13.3 Å². The first-order valence-corrected chi connectivity index (χ1v) is 7.17. The van der Waals surface area contributed by atoms with Gasteiger partial charge in [-0.25, -0.2) is 9.97 Å². The fourth-order valence-corrected chi connectivity index (χ4v) is 2.23. The Morgan fingerprint density at radius 1 is 1.41 bits per heavy atom. The van der Waals surface area contributed by atoms with Gasteiger partial charge in [-0.15, -0.1) is 0 Å². The van der Waals surface area contributed by atoms with Crippen molar-refractivity contribution in [3.05, 3.63) is 12.4 Å². The van der Waals surface area contributed by atoms with Crippen molar-refractivity contribution in [2.75, 3.05) is 37.5 Å². The van der Waals surface area contributed by atoms with E-state index in [2.05, 4.69) is 32.4 Å². The van der Waals surface area contributed by atoms with Crippen molar-refractivity contribution in [1.82, 2.24) is 15.3 Å². The highest BCUT2D eigenvalue weighted by Crippen LogP contribution is 2.16. The standard InChI is InChI=1S/C15H21N5O2/c1-4-5-15(21)19-11-6-7-22-9-12(11)18-13-8-14(20(2)3)17-10-16-13/h8,10-12H,6-7,9H2,1-3H3,(H,19,21)(H,16,17,18)/t11-,12+/m0/s1. The van der Waals surface area contributed by atoms with E-state index in [-0.39, 0.29) is 18.0 Å². The quantitative estimate of drug-likeness (QED) is 0.776. The smallest absolute Gasteiger partial charge is 0.296 e. The summed E-state index contributed by atoms with van der Waals surface area (Å²) in [4.78, 5) is 22.0. The van der Waals surface area contributed by atoms with Crippen molar-refractivity contribution in [3.8, 4) is 11.8 Å². The van der Waals surface area contributed by atoms with Gasteiger partial charge in [0.05, 0.1) is 18.7 Å². The number of rotatable bonds is 4. The van der Waals surface area contributed by atoms with Gasteiger partial charge in [0.2, 0.25) is 0 Å². The Balaban J connectivity index is 2.06. The molecule has 118 valence electrons. The van der Waals surface area contributed by atoms with Crippen LogP contribution in [0.2, 0.25) is 0 Å². The lowest BCUT2D eigenvalue weighted by atomic mass is 10.0. The normalized spacial score (nSPS) is 20.5. The van der Waals surface area contributed by atoms with E-state index < -0.39 is 0 Å². The molecule has 0 unspecified atom stereocenters. The van der Waals surface area contributed by atoms with E-state index in [9.17, 15) is 4.79 Å². The van der Waals surface area contributed by atoms with Crippen LogP contribution in [-0.4, -0.2) is 55.3 Å². The molecule has 22 heavy (non-hydrogen) atoms. The maximum Gasteiger partial charge on any atom is 0.296 e. The Labute approximate surface area is 130 Å². The van der Waals surface area contributed by atoms with E-state index in [4.69, 9.17) is 4.74 Å². The molecule has 1 amide bonds. The molecule has 1 aromatic rings. The molecule has 1 saturated heterocycles. The van der Waals surface area contributed by atoms with Gasteiger partial charge < -0.3 is 20.3 Å². The molecule has 1 aliphatic heterocycles. The summed E-state index contributed by atoms with van der Waals surface area (Å²) in [5, 5.41) is 6.23. The molecule has 2 atom stereocenters. The second-order valence-electron chi connectivity index (χ2n) is 5.23. The number of nitrogens with one attached hydrogen (secondary N) is 2. The first-order chi connectivity index (χ1) is 10.6. The summed E-state index contributed by atoms with van der Waals surface area (Å²) in [7, 11) is 3.84. The molecule has 7 heteroatoms. The zero-order chi connectivity index (χ0) is 15.9. The first-order valence-electron chi connectivity index (χ1n) is 7.17. The second-order valence-corrected chi connectivity index (χ2v) is 5.23. The number of carbonyl (C=O) groups excluding carboxylic acids is 1. The van der Waals surface area contributed by atoms with E-state index >= 15 is 0 Å². The third kappa shape index (κ3) is 4.33. The summed E-state index contributed by atoms with van der Waals surface area (Å²) >= 11 is 0. The highest BCUT2D eigenvalue weighted by molar-refractivity contribution is 5.93. The van der Waals surface area contributed by atoms with Gasteiger partial charge in [-0.05, 0) is 19.3 Å². The maximum absolute atomic E-state index is 11.7. The highest BCUT2D eigenvalue weighted by Gasteiger charge is 2.27. The number of nitrogens with zero attached hydrogens (tertiary/aromatic N) is 3. The number of carbonyl (C=O) groups is 1. The average Bonchev–Trinajstić information content (AvgIpc) is 2.50. The summed E-state index contributed by atoms with van der Waals surface area (Å²) in [6, 6.07) is 1.76. The van der Waals surface area contributed by atoms with Crippen LogP contribution < -0.4 is 15.5 Å². The van der Waals surface area contributed by atoms with E-state index in [1.807, 2.05) is 25.1 Å². The molecule has 0 bridgehead atoms. The van der Waals surface area contributed by atoms with Gasteiger partial charge in [0, 0.05) is 26.8 Å².